The van der Waals surface area contributed by atoms with E-state index in [1.54, 1.807) is 0 Å². The summed E-state index contributed by atoms with van der Waals surface area (Å²) in [6, 6.07) is 0. The topological polar surface area (TPSA) is 94.8 Å². The van der Waals surface area contributed by atoms with Crippen LogP contribution in [0.1, 0.15) is 0 Å². The summed E-state index contributed by atoms with van der Waals surface area (Å²) in [6.07, 6.45) is 0. The molecule has 7 heavy (non-hydrogen) atoms. The second kappa shape index (κ2) is 9.37. The summed E-state index contributed by atoms with van der Waals surface area (Å²) in [7, 11) is 0. The molecule has 0 aliphatic rings. The molecule has 0 heterocycles. The van der Waals surface area contributed by atoms with E-state index in [0.29, 0.717) is 0 Å². The predicted octanol–water partition coefficient (Wildman–Crippen LogP) is -1.91. The Kier molecular flexibility index (Phi) is 13.5. The normalized spacial score (nSPS) is 5.43. The average Bonchev–Trinajstić information content (AvgIpc) is 1.33. The third-order valence-corrected chi connectivity index (χ3v) is 0. The molecule has 0 aromatic rings. The standard InChI is InChI=1S/CH2O2.2H2O.O.Sn/c2-1-3;;;;/h1H,(H,2,3);2*1H2;;/q;;;;+2/p-2. The molecule has 0 fully saturated rings. The maximum absolute atomic E-state index is 8.84. The molecule has 0 unspecified atom stereocenters. The second-order valence-electron chi connectivity index (χ2n) is 0.388. The predicted molar refractivity (Wildman–Crippen MR) is 19.6 cm³/mol. The first-order chi connectivity index (χ1) is 3.15. The van der Waals surface area contributed by atoms with Crippen LogP contribution in [-0.4, -0.2) is 39.0 Å². The molecule has 0 saturated carbocycles. The molecule has 3 N–H and O–H groups in total. The van der Waals surface area contributed by atoms with Gasteiger partial charge in [-0.3, -0.25) is 4.79 Å². The van der Waals surface area contributed by atoms with Gasteiger partial charge in [0.1, 0.15) is 0 Å². The molecular formula is CH4O5Sn. The average molecular weight is 215 g/mol. The van der Waals surface area contributed by atoms with Crippen molar-refractivity contribution in [1.82, 2.24) is 0 Å². The number of hydrogen-bond acceptors (Lipinski definition) is 2. The van der Waals surface area contributed by atoms with E-state index in [0.717, 1.165) is 0 Å². The molecule has 0 aromatic carbocycles. The van der Waals surface area contributed by atoms with Crippen molar-refractivity contribution in [3.63, 3.8) is 0 Å². The molecule has 0 atom stereocenters. The van der Waals surface area contributed by atoms with Gasteiger partial charge in [0, 0.05) is 0 Å². The third kappa shape index (κ3) is 746000. The molecule has 0 radical (unpaired) electrons. The Morgan fingerprint density at radius 3 is 1.43 bits per heavy atom. The molecule has 6 heteroatoms. The number of rotatable bonds is 0. The van der Waals surface area contributed by atoms with E-state index < -0.39 is 20.6 Å². The molecule has 0 aromatic heterocycles. The van der Waals surface area contributed by atoms with E-state index >= 15 is 0 Å². The van der Waals surface area contributed by atoms with Crippen LogP contribution in [-0.2, 0) is 7.87 Å². The van der Waals surface area contributed by atoms with Crippen LogP contribution in [0, 0.1) is 0 Å². The Bertz CT molecular complexity index is 55.1. The molecule has 42 valence electrons. The van der Waals surface area contributed by atoms with Crippen molar-refractivity contribution >= 4 is 27.0 Å². The molecule has 0 spiro atoms. The van der Waals surface area contributed by atoms with Gasteiger partial charge < -0.3 is 5.11 Å². The van der Waals surface area contributed by atoms with Crippen LogP contribution in [0.4, 0.5) is 0 Å². The Balaban J connectivity index is 0. The number of hydrogen-bond donors (Lipinski definition) is 3. The van der Waals surface area contributed by atoms with Crippen molar-refractivity contribution in [1.29, 1.82) is 0 Å². The first-order valence-corrected chi connectivity index (χ1v) is 4.86. The summed E-state index contributed by atoms with van der Waals surface area (Å²) in [5.74, 6) is 0. The van der Waals surface area contributed by atoms with Crippen LogP contribution < -0.4 is 0 Å². The van der Waals surface area contributed by atoms with Gasteiger partial charge in [-0.05, 0) is 0 Å². The first-order valence-electron chi connectivity index (χ1n) is 1.15. The Morgan fingerprint density at radius 2 is 1.43 bits per heavy atom. The molecule has 0 bridgehead atoms. The first kappa shape index (κ1) is 10.1. The summed E-state index contributed by atoms with van der Waals surface area (Å²) < 4.78 is 23.3. The fourth-order valence-electron chi connectivity index (χ4n) is 0. The number of carbonyl (C=O) groups is 1. The van der Waals surface area contributed by atoms with Gasteiger partial charge in [-0.2, -0.15) is 0 Å². The Hall–Kier alpha value is -0.0113. The van der Waals surface area contributed by atoms with Gasteiger partial charge >= 0.3 is 30.5 Å². The maximum atomic E-state index is 8.84. The summed E-state index contributed by atoms with van der Waals surface area (Å²) in [4.78, 5) is 8.36. The Morgan fingerprint density at radius 1 is 1.43 bits per heavy atom. The summed E-state index contributed by atoms with van der Waals surface area (Å²) in [5, 5.41) is 6.89. The van der Waals surface area contributed by atoms with Crippen LogP contribution in [0.2, 0.25) is 0 Å². The van der Waals surface area contributed by atoms with E-state index in [2.05, 4.69) is 0 Å². The molecule has 0 saturated heterocycles. The van der Waals surface area contributed by atoms with E-state index in [4.69, 9.17) is 19.9 Å². The third-order valence-electron chi connectivity index (χ3n) is 0. The van der Waals surface area contributed by atoms with Crippen LogP contribution in [0.15, 0.2) is 0 Å². The Labute approximate surface area is 47.4 Å². The number of carboxylic acid groups (broad SMARTS) is 1. The van der Waals surface area contributed by atoms with Gasteiger partial charge in [-0.1, -0.05) is 0 Å². The molecule has 0 aliphatic carbocycles. The summed E-state index contributed by atoms with van der Waals surface area (Å²) >= 11 is -3.79. The van der Waals surface area contributed by atoms with E-state index in [-0.39, 0.29) is 6.47 Å². The van der Waals surface area contributed by atoms with Gasteiger partial charge in [-0.15, -0.1) is 0 Å². The molecule has 0 amide bonds. The van der Waals surface area contributed by atoms with Crippen LogP contribution >= 0.6 is 0 Å². The van der Waals surface area contributed by atoms with E-state index in [9.17, 15) is 0 Å². The van der Waals surface area contributed by atoms with Gasteiger partial charge in [-0.25, -0.2) is 0 Å². The van der Waals surface area contributed by atoms with Crippen molar-refractivity contribution < 1.29 is 19.9 Å². The van der Waals surface area contributed by atoms with E-state index in [1.165, 1.54) is 0 Å². The zero-order valence-corrected chi connectivity index (χ0v) is 6.09. The monoisotopic (exact) mass is 216 g/mol. The van der Waals surface area contributed by atoms with Crippen molar-refractivity contribution in [2.75, 3.05) is 0 Å². The van der Waals surface area contributed by atoms with Crippen LogP contribution in [0.3, 0.4) is 0 Å². The summed E-state index contributed by atoms with van der Waals surface area (Å²) in [6.45, 7) is -0.250. The van der Waals surface area contributed by atoms with Gasteiger partial charge in [0.25, 0.3) is 6.47 Å². The zero-order chi connectivity index (χ0) is 6.28. The van der Waals surface area contributed by atoms with Crippen molar-refractivity contribution in [3.8, 4) is 0 Å². The SMILES string of the molecule is O=CO.[O]=[Sn]([OH])[OH]. The fourth-order valence-corrected chi connectivity index (χ4v) is 0. The van der Waals surface area contributed by atoms with Gasteiger partial charge in [0.15, 0.2) is 0 Å². The van der Waals surface area contributed by atoms with Crippen molar-refractivity contribution in [2.45, 2.75) is 0 Å². The van der Waals surface area contributed by atoms with Crippen molar-refractivity contribution in [3.05, 3.63) is 0 Å². The van der Waals surface area contributed by atoms with E-state index in [1.807, 2.05) is 0 Å². The molecule has 0 rings (SSSR count). The van der Waals surface area contributed by atoms with Crippen LogP contribution in [0.5, 0.6) is 0 Å². The molecular weight excluding hydrogens is 211 g/mol. The minimum atomic E-state index is -3.79. The second-order valence-corrected chi connectivity index (χ2v) is 2.00. The van der Waals surface area contributed by atoms with Gasteiger partial charge in [0.05, 0.1) is 0 Å². The van der Waals surface area contributed by atoms with Crippen molar-refractivity contribution in [2.24, 2.45) is 0 Å². The van der Waals surface area contributed by atoms with Gasteiger partial charge in [0.2, 0.25) is 0 Å². The summed E-state index contributed by atoms with van der Waals surface area (Å²) in [5.41, 5.74) is 0. The molecule has 0 aliphatic heterocycles. The zero-order valence-electron chi connectivity index (χ0n) is 3.24. The minimum absolute atomic E-state index is 0.250. The van der Waals surface area contributed by atoms with Crippen LogP contribution in [0.25, 0.3) is 0 Å². The fraction of sp³-hybridized carbons (Fsp3) is 0. The molecule has 5 nitrogen and oxygen atoms in total. The quantitative estimate of drug-likeness (QED) is 0.323.